The molecule has 7 heteroatoms. The van der Waals surface area contributed by atoms with Gasteiger partial charge in [-0.05, 0) is 24.3 Å². The molecule has 1 amide bonds. The molecule has 0 unspecified atom stereocenters. The van der Waals surface area contributed by atoms with E-state index in [0.717, 1.165) is 12.3 Å². The van der Waals surface area contributed by atoms with E-state index in [4.69, 9.17) is 16.7 Å². The van der Waals surface area contributed by atoms with Gasteiger partial charge in [-0.2, -0.15) is 0 Å². The molecule has 1 heterocycles. The van der Waals surface area contributed by atoms with Crippen LogP contribution >= 0.6 is 11.6 Å². The van der Waals surface area contributed by atoms with E-state index in [0.29, 0.717) is 0 Å². The summed E-state index contributed by atoms with van der Waals surface area (Å²) in [6.45, 7) is 0. The lowest BCUT2D eigenvalue weighted by molar-refractivity contribution is 0.0696. The van der Waals surface area contributed by atoms with Crippen molar-refractivity contribution < 1.29 is 19.1 Å². The van der Waals surface area contributed by atoms with E-state index in [1.807, 2.05) is 0 Å². The van der Waals surface area contributed by atoms with Crippen molar-refractivity contribution >= 4 is 29.2 Å². The molecule has 0 atom stereocenters. The van der Waals surface area contributed by atoms with Crippen molar-refractivity contribution in [3.63, 3.8) is 0 Å². The first-order chi connectivity index (χ1) is 9.47. The Bertz CT molecular complexity index is 691. The number of aromatic nitrogens is 1. The number of nitrogens with one attached hydrogen (secondary N) is 1. The topological polar surface area (TPSA) is 79.3 Å². The molecule has 2 aromatic rings. The number of hydrogen-bond donors (Lipinski definition) is 2. The van der Waals surface area contributed by atoms with Gasteiger partial charge in [0.2, 0.25) is 0 Å². The van der Waals surface area contributed by atoms with Crippen LogP contribution < -0.4 is 5.32 Å². The van der Waals surface area contributed by atoms with Gasteiger partial charge in [0.1, 0.15) is 11.0 Å². The molecule has 5 nitrogen and oxygen atoms in total. The van der Waals surface area contributed by atoms with Gasteiger partial charge in [0, 0.05) is 5.69 Å². The van der Waals surface area contributed by atoms with Gasteiger partial charge in [0.05, 0.1) is 17.3 Å². The zero-order chi connectivity index (χ0) is 14.7. The average molecular weight is 295 g/mol. The van der Waals surface area contributed by atoms with E-state index >= 15 is 0 Å². The minimum atomic E-state index is -1.12. The van der Waals surface area contributed by atoms with Crippen molar-refractivity contribution in [2.45, 2.75) is 0 Å². The smallest absolute Gasteiger partial charge is 0.335 e. The van der Waals surface area contributed by atoms with Crippen LogP contribution in [-0.2, 0) is 0 Å². The summed E-state index contributed by atoms with van der Waals surface area (Å²) < 4.78 is 13.0. The van der Waals surface area contributed by atoms with Crippen molar-refractivity contribution in [2.75, 3.05) is 5.32 Å². The predicted octanol–water partition coefficient (Wildman–Crippen LogP) is 2.82. The third-order valence-corrected chi connectivity index (χ3v) is 2.72. The molecule has 0 radical (unpaired) electrons. The van der Waals surface area contributed by atoms with Crippen LogP contribution in [0.5, 0.6) is 0 Å². The second-order valence-corrected chi connectivity index (χ2v) is 4.19. The van der Waals surface area contributed by atoms with Crippen molar-refractivity contribution in [1.82, 2.24) is 4.98 Å². The number of amides is 1. The number of carbonyl (C=O) groups is 2. The predicted molar refractivity (Wildman–Crippen MR) is 70.6 cm³/mol. The van der Waals surface area contributed by atoms with Crippen molar-refractivity contribution in [2.24, 2.45) is 0 Å². The third kappa shape index (κ3) is 3.10. The number of halogens is 2. The molecule has 0 bridgehead atoms. The Morgan fingerprint density at radius 2 is 2.05 bits per heavy atom. The first-order valence-corrected chi connectivity index (χ1v) is 5.81. The SMILES string of the molecule is O=C(O)c1cccc(NC(=O)c2cc(F)cnc2Cl)c1. The summed E-state index contributed by atoms with van der Waals surface area (Å²) in [6, 6.07) is 6.59. The van der Waals surface area contributed by atoms with Crippen LogP contribution in [0.4, 0.5) is 10.1 Å². The monoisotopic (exact) mass is 294 g/mol. The Hall–Kier alpha value is -2.47. The van der Waals surface area contributed by atoms with Crippen LogP contribution in [0, 0.1) is 5.82 Å². The van der Waals surface area contributed by atoms with Gasteiger partial charge in [-0.15, -0.1) is 0 Å². The number of carboxylic acid groups (broad SMARTS) is 1. The Balaban J connectivity index is 2.25. The van der Waals surface area contributed by atoms with Gasteiger partial charge in [-0.3, -0.25) is 4.79 Å². The number of aromatic carboxylic acids is 1. The Morgan fingerprint density at radius 3 is 2.75 bits per heavy atom. The fourth-order valence-electron chi connectivity index (χ4n) is 1.51. The van der Waals surface area contributed by atoms with Gasteiger partial charge < -0.3 is 10.4 Å². The molecule has 0 fully saturated rings. The quantitative estimate of drug-likeness (QED) is 0.853. The van der Waals surface area contributed by atoms with Gasteiger partial charge in [0.25, 0.3) is 5.91 Å². The molecule has 0 saturated heterocycles. The van der Waals surface area contributed by atoms with Crippen LogP contribution in [0.15, 0.2) is 36.5 Å². The summed E-state index contributed by atoms with van der Waals surface area (Å²) in [5, 5.41) is 11.1. The van der Waals surface area contributed by atoms with Crippen LogP contribution in [-0.4, -0.2) is 22.0 Å². The Kier molecular flexibility index (Phi) is 3.95. The molecule has 0 aliphatic carbocycles. The van der Waals surface area contributed by atoms with E-state index in [1.165, 1.54) is 24.3 Å². The maximum Gasteiger partial charge on any atom is 0.335 e. The first-order valence-electron chi connectivity index (χ1n) is 5.43. The third-order valence-electron chi connectivity index (χ3n) is 2.42. The fourth-order valence-corrected chi connectivity index (χ4v) is 1.70. The number of carbonyl (C=O) groups excluding carboxylic acids is 1. The molecule has 0 spiro atoms. The number of rotatable bonds is 3. The Labute approximate surface area is 118 Å². The van der Waals surface area contributed by atoms with Crippen LogP contribution in [0.2, 0.25) is 5.15 Å². The minimum Gasteiger partial charge on any atom is -0.478 e. The lowest BCUT2D eigenvalue weighted by atomic mass is 10.2. The van der Waals surface area contributed by atoms with E-state index < -0.39 is 17.7 Å². The highest BCUT2D eigenvalue weighted by atomic mass is 35.5. The molecular formula is C13H8ClFN2O3. The number of anilines is 1. The fraction of sp³-hybridized carbons (Fsp3) is 0. The first kappa shape index (κ1) is 14.0. The van der Waals surface area contributed by atoms with E-state index in [9.17, 15) is 14.0 Å². The van der Waals surface area contributed by atoms with E-state index in [-0.39, 0.29) is 22.0 Å². The summed E-state index contributed by atoms with van der Waals surface area (Å²) in [6.07, 6.45) is 0.893. The largest absolute Gasteiger partial charge is 0.478 e. The van der Waals surface area contributed by atoms with E-state index in [1.54, 1.807) is 0 Å². The lowest BCUT2D eigenvalue weighted by Crippen LogP contribution is -2.13. The summed E-state index contributed by atoms with van der Waals surface area (Å²) in [7, 11) is 0. The van der Waals surface area contributed by atoms with Gasteiger partial charge in [0.15, 0.2) is 0 Å². The maximum atomic E-state index is 13.0. The summed E-state index contributed by atoms with van der Waals surface area (Å²) in [5.41, 5.74) is 0.147. The number of nitrogens with zero attached hydrogens (tertiary/aromatic N) is 1. The van der Waals surface area contributed by atoms with Crippen LogP contribution in [0.1, 0.15) is 20.7 Å². The molecule has 2 rings (SSSR count). The molecule has 102 valence electrons. The highest BCUT2D eigenvalue weighted by Gasteiger charge is 2.13. The second kappa shape index (κ2) is 5.66. The lowest BCUT2D eigenvalue weighted by Gasteiger charge is -2.07. The van der Waals surface area contributed by atoms with Crippen molar-refractivity contribution in [3.8, 4) is 0 Å². The zero-order valence-electron chi connectivity index (χ0n) is 9.93. The van der Waals surface area contributed by atoms with Crippen molar-refractivity contribution in [3.05, 3.63) is 58.6 Å². The average Bonchev–Trinajstić information content (AvgIpc) is 2.41. The van der Waals surface area contributed by atoms with Crippen LogP contribution in [0.3, 0.4) is 0 Å². The zero-order valence-corrected chi connectivity index (χ0v) is 10.7. The molecule has 1 aromatic carbocycles. The minimum absolute atomic E-state index is 0.0197. The highest BCUT2D eigenvalue weighted by Crippen LogP contribution is 2.17. The normalized spacial score (nSPS) is 10.1. The molecule has 1 aromatic heterocycles. The molecule has 2 N–H and O–H groups in total. The number of benzene rings is 1. The van der Waals surface area contributed by atoms with E-state index in [2.05, 4.69) is 10.3 Å². The number of carboxylic acids is 1. The van der Waals surface area contributed by atoms with Crippen LogP contribution in [0.25, 0.3) is 0 Å². The van der Waals surface area contributed by atoms with Gasteiger partial charge in [-0.1, -0.05) is 17.7 Å². The summed E-state index contributed by atoms with van der Waals surface area (Å²) in [5.74, 6) is -2.49. The maximum absolute atomic E-state index is 13.0. The standard InChI is InChI=1S/C13H8ClFN2O3/c14-11-10(5-8(15)6-16-11)12(18)17-9-3-1-2-7(4-9)13(19)20/h1-6H,(H,17,18)(H,19,20). The molecular weight excluding hydrogens is 287 g/mol. The molecule has 0 saturated carbocycles. The summed E-state index contributed by atoms with van der Waals surface area (Å²) in [4.78, 5) is 26.3. The van der Waals surface area contributed by atoms with Gasteiger partial charge >= 0.3 is 5.97 Å². The molecule has 0 aliphatic rings. The number of pyridine rings is 1. The number of hydrogen-bond acceptors (Lipinski definition) is 3. The molecule has 0 aliphatic heterocycles. The highest BCUT2D eigenvalue weighted by molar-refractivity contribution is 6.33. The second-order valence-electron chi connectivity index (χ2n) is 3.83. The summed E-state index contributed by atoms with van der Waals surface area (Å²) >= 11 is 5.71. The molecule has 20 heavy (non-hydrogen) atoms. The van der Waals surface area contributed by atoms with Crippen molar-refractivity contribution in [1.29, 1.82) is 0 Å². The van der Waals surface area contributed by atoms with Gasteiger partial charge in [-0.25, -0.2) is 14.2 Å². The Morgan fingerprint density at radius 1 is 1.30 bits per heavy atom.